The molecule has 0 amide bonds. The van der Waals surface area contributed by atoms with E-state index in [2.05, 4.69) is 6.58 Å². The van der Waals surface area contributed by atoms with Gasteiger partial charge in [0.1, 0.15) is 0 Å². The first-order valence-corrected chi connectivity index (χ1v) is 4.21. The van der Waals surface area contributed by atoms with Crippen LogP contribution in [0.2, 0.25) is 0 Å². The summed E-state index contributed by atoms with van der Waals surface area (Å²) in [6.45, 7) is 6.51. The Bertz CT molecular complexity index is 142. The minimum atomic E-state index is -0.333. The number of aliphatic hydroxyl groups excluding tert-OH is 1. The van der Waals surface area contributed by atoms with E-state index in [0.29, 0.717) is 0 Å². The van der Waals surface area contributed by atoms with Crippen molar-refractivity contribution in [2.24, 2.45) is 0 Å². The molecule has 0 aliphatic heterocycles. The highest BCUT2D eigenvalue weighted by molar-refractivity contribution is 5.06. The van der Waals surface area contributed by atoms with E-state index in [9.17, 15) is 5.11 Å². The number of aliphatic hydroxyl groups is 1. The van der Waals surface area contributed by atoms with E-state index < -0.39 is 0 Å². The van der Waals surface area contributed by atoms with Crippen molar-refractivity contribution >= 4 is 0 Å². The van der Waals surface area contributed by atoms with Gasteiger partial charge in [-0.15, -0.1) is 0 Å². The summed E-state index contributed by atoms with van der Waals surface area (Å²) >= 11 is 0. The lowest BCUT2D eigenvalue weighted by Gasteiger charge is -2.27. The van der Waals surface area contributed by atoms with Crippen molar-refractivity contribution < 1.29 is 9.84 Å². The van der Waals surface area contributed by atoms with E-state index in [-0.39, 0.29) is 12.2 Å². The minimum absolute atomic E-state index is 0.250. The predicted molar refractivity (Wildman–Crippen MR) is 44.4 cm³/mol. The third-order valence-electron chi connectivity index (χ3n) is 2.15. The highest BCUT2D eigenvalue weighted by atomic mass is 16.5. The highest BCUT2D eigenvalue weighted by Gasteiger charge is 2.22. The first kappa shape index (κ1) is 8.75. The Balaban J connectivity index is 2.33. The van der Waals surface area contributed by atoms with E-state index in [1.807, 2.05) is 6.92 Å². The van der Waals surface area contributed by atoms with Gasteiger partial charge in [-0.25, -0.2) is 0 Å². The molecule has 1 fully saturated rings. The Kier molecular flexibility index (Phi) is 3.09. The molecular weight excluding hydrogens is 140 g/mol. The van der Waals surface area contributed by atoms with Crippen LogP contribution in [0.25, 0.3) is 0 Å². The Morgan fingerprint density at radius 2 is 2.45 bits per heavy atom. The lowest BCUT2D eigenvalue weighted by Crippen LogP contribution is -2.27. The smallest absolute Gasteiger partial charge is 0.0772 e. The third kappa shape index (κ3) is 2.31. The fraction of sp³-hybridized carbons (Fsp3) is 0.778. The zero-order valence-electron chi connectivity index (χ0n) is 7.05. The Labute approximate surface area is 67.9 Å². The monoisotopic (exact) mass is 156 g/mol. The Morgan fingerprint density at radius 1 is 1.73 bits per heavy atom. The zero-order valence-corrected chi connectivity index (χ0v) is 7.05. The zero-order chi connectivity index (χ0) is 8.27. The molecule has 64 valence electrons. The van der Waals surface area contributed by atoms with Crippen LogP contribution in [0.15, 0.2) is 12.2 Å². The molecule has 1 aliphatic carbocycles. The summed E-state index contributed by atoms with van der Waals surface area (Å²) in [5.41, 5.74) is 0.959. The number of hydrogen-bond donors (Lipinski definition) is 1. The molecule has 0 radical (unpaired) electrons. The molecule has 2 nitrogen and oxygen atoms in total. The number of hydrogen-bond acceptors (Lipinski definition) is 2. The first-order chi connectivity index (χ1) is 5.24. The van der Waals surface area contributed by atoms with Gasteiger partial charge in [0.2, 0.25) is 0 Å². The molecule has 1 aliphatic rings. The van der Waals surface area contributed by atoms with Crippen LogP contribution in [0.4, 0.5) is 0 Å². The van der Waals surface area contributed by atoms with E-state index in [1.165, 1.54) is 0 Å². The van der Waals surface area contributed by atoms with Crippen molar-refractivity contribution in [1.29, 1.82) is 0 Å². The summed E-state index contributed by atoms with van der Waals surface area (Å²) in [7, 11) is 0. The molecule has 0 aromatic rings. The van der Waals surface area contributed by atoms with Gasteiger partial charge < -0.3 is 9.84 Å². The van der Waals surface area contributed by atoms with Gasteiger partial charge in [0.15, 0.2) is 0 Å². The highest BCUT2D eigenvalue weighted by Crippen LogP contribution is 2.24. The first-order valence-electron chi connectivity index (χ1n) is 4.21. The summed E-state index contributed by atoms with van der Waals surface area (Å²) in [5.74, 6) is 0. The maximum absolute atomic E-state index is 9.40. The third-order valence-corrected chi connectivity index (χ3v) is 2.15. The fourth-order valence-corrected chi connectivity index (χ4v) is 1.43. The molecule has 2 atom stereocenters. The van der Waals surface area contributed by atoms with Gasteiger partial charge in [-0.1, -0.05) is 6.58 Å². The van der Waals surface area contributed by atoms with Gasteiger partial charge in [0.05, 0.1) is 12.2 Å². The normalized spacial score (nSPS) is 32.4. The number of ether oxygens (including phenoxy) is 1. The van der Waals surface area contributed by atoms with Crippen LogP contribution in [-0.2, 0) is 4.74 Å². The van der Waals surface area contributed by atoms with Crippen LogP contribution >= 0.6 is 0 Å². The summed E-state index contributed by atoms with van der Waals surface area (Å²) in [6.07, 6.45) is 2.57. The minimum Gasteiger partial charge on any atom is -0.389 e. The van der Waals surface area contributed by atoms with Crippen LogP contribution < -0.4 is 0 Å². The van der Waals surface area contributed by atoms with Crippen LogP contribution in [0, 0.1) is 0 Å². The second-order valence-electron chi connectivity index (χ2n) is 3.03. The summed E-state index contributed by atoms with van der Waals surface area (Å²) < 4.78 is 5.40. The van der Waals surface area contributed by atoms with E-state index in [1.54, 1.807) is 0 Å². The molecule has 1 N–H and O–H groups in total. The molecular formula is C9H16O2. The maximum atomic E-state index is 9.40. The summed E-state index contributed by atoms with van der Waals surface area (Å²) in [4.78, 5) is 0. The molecule has 0 aromatic heterocycles. The van der Waals surface area contributed by atoms with E-state index >= 15 is 0 Å². The molecule has 0 spiro atoms. The largest absolute Gasteiger partial charge is 0.389 e. The lowest BCUT2D eigenvalue weighted by molar-refractivity contribution is 0.00976. The van der Waals surface area contributed by atoms with Gasteiger partial charge >= 0.3 is 0 Å². The topological polar surface area (TPSA) is 29.5 Å². The van der Waals surface area contributed by atoms with E-state index in [0.717, 1.165) is 31.4 Å². The molecule has 1 saturated carbocycles. The van der Waals surface area contributed by atoms with Crippen LogP contribution in [0.3, 0.4) is 0 Å². The molecule has 1 rings (SSSR count). The van der Waals surface area contributed by atoms with E-state index in [4.69, 9.17) is 4.74 Å². The lowest BCUT2D eigenvalue weighted by atomic mass is 9.91. The molecule has 0 saturated heterocycles. The van der Waals surface area contributed by atoms with Crippen molar-refractivity contribution in [3.05, 3.63) is 12.2 Å². The van der Waals surface area contributed by atoms with Gasteiger partial charge in [0, 0.05) is 13.0 Å². The molecule has 0 aromatic carbocycles. The molecule has 2 unspecified atom stereocenters. The van der Waals surface area contributed by atoms with Gasteiger partial charge in [0.25, 0.3) is 0 Å². The summed E-state index contributed by atoms with van der Waals surface area (Å²) in [5, 5.41) is 9.40. The van der Waals surface area contributed by atoms with Crippen molar-refractivity contribution in [3.8, 4) is 0 Å². The standard InChI is InChI=1S/C9H16O2/c1-3-11-8-5-4-7(2)9(10)6-8/h8-10H,2-6H2,1H3. The van der Waals surface area contributed by atoms with Gasteiger partial charge in [-0.05, 0) is 25.3 Å². The second kappa shape index (κ2) is 3.88. The molecule has 0 bridgehead atoms. The SMILES string of the molecule is C=C1CCC(OCC)CC1O. The summed E-state index contributed by atoms with van der Waals surface area (Å²) in [6, 6.07) is 0. The molecule has 11 heavy (non-hydrogen) atoms. The maximum Gasteiger partial charge on any atom is 0.0772 e. The fourth-order valence-electron chi connectivity index (χ4n) is 1.43. The van der Waals surface area contributed by atoms with Crippen LogP contribution in [-0.4, -0.2) is 23.9 Å². The average Bonchev–Trinajstić information content (AvgIpc) is 1.98. The van der Waals surface area contributed by atoms with Crippen molar-refractivity contribution in [3.63, 3.8) is 0 Å². The van der Waals surface area contributed by atoms with Crippen LogP contribution in [0.5, 0.6) is 0 Å². The van der Waals surface area contributed by atoms with Crippen molar-refractivity contribution in [1.82, 2.24) is 0 Å². The van der Waals surface area contributed by atoms with Crippen molar-refractivity contribution in [2.45, 2.75) is 38.4 Å². The van der Waals surface area contributed by atoms with Gasteiger partial charge in [-0.2, -0.15) is 0 Å². The Morgan fingerprint density at radius 3 is 3.00 bits per heavy atom. The second-order valence-corrected chi connectivity index (χ2v) is 3.03. The molecule has 0 heterocycles. The number of rotatable bonds is 2. The quantitative estimate of drug-likeness (QED) is 0.614. The predicted octanol–water partition coefficient (Wildman–Crippen LogP) is 1.49. The molecule has 2 heteroatoms. The average molecular weight is 156 g/mol. The Hall–Kier alpha value is -0.340. The van der Waals surface area contributed by atoms with Crippen LogP contribution in [0.1, 0.15) is 26.2 Å². The van der Waals surface area contributed by atoms with Crippen molar-refractivity contribution in [2.75, 3.05) is 6.61 Å². The van der Waals surface area contributed by atoms with Gasteiger partial charge in [-0.3, -0.25) is 0 Å².